The molecule has 1 aromatic rings. The molecule has 52 valence electrons. The van der Waals surface area contributed by atoms with Gasteiger partial charge in [0.15, 0.2) is 12.4 Å². The molecular weight excluding hydrogens is 244 g/mol. The first-order valence-corrected chi connectivity index (χ1v) is 2.30. The van der Waals surface area contributed by atoms with Crippen LogP contribution in [-0.4, -0.2) is 0 Å². The Morgan fingerprint density at radius 1 is 1.00 bits per heavy atom. The number of aryl methyl sites for hydroxylation is 1. The summed E-state index contributed by atoms with van der Waals surface area (Å²) < 4.78 is 2.00. The second-order valence-corrected chi connectivity index (χ2v) is 1.54. The van der Waals surface area contributed by atoms with Gasteiger partial charge in [0.25, 0.3) is 0 Å². The molecule has 0 fully saturated rings. The summed E-state index contributed by atoms with van der Waals surface area (Å²) >= 11 is 0. The number of hydrogen-bond acceptors (Lipinski definition) is 0. The van der Waals surface area contributed by atoms with Crippen LogP contribution in [-0.2, 0) is 7.05 Å². The molecule has 1 aromatic heterocycles. The number of nitrogens with zero attached hydrogens (tertiary/aromatic N) is 1. The van der Waals surface area contributed by atoms with Crippen LogP contribution < -0.4 is 28.5 Å². The molecule has 0 spiro atoms. The van der Waals surface area contributed by atoms with E-state index in [-0.39, 0.29) is 33.9 Å². The minimum absolute atomic E-state index is 0. The van der Waals surface area contributed by atoms with Gasteiger partial charge in [0, 0.05) is 12.1 Å². The maximum atomic E-state index is 2.00. The van der Waals surface area contributed by atoms with E-state index < -0.39 is 0 Å². The summed E-state index contributed by atoms with van der Waals surface area (Å²) in [6.07, 6.45) is 4.00. The van der Waals surface area contributed by atoms with E-state index in [4.69, 9.17) is 0 Å². The van der Waals surface area contributed by atoms with Crippen molar-refractivity contribution >= 4 is 9.90 Å². The highest BCUT2D eigenvalue weighted by atomic mass is 127. The third-order valence-corrected chi connectivity index (χ3v) is 0.865. The molecule has 1 unspecified atom stereocenters. The molecule has 0 aliphatic heterocycles. The minimum atomic E-state index is 0. The van der Waals surface area contributed by atoms with Gasteiger partial charge in [0.05, 0.1) is 0 Å². The van der Waals surface area contributed by atoms with Crippen molar-refractivity contribution in [3.8, 4) is 0 Å². The Balaban J connectivity index is 0. The molecule has 0 aromatic carbocycles. The van der Waals surface area contributed by atoms with Crippen molar-refractivity contribution < 1.29 is 28.5 Å². The molecule has 0 saturated carbocycles. The molecule has 0 aliphatic rings. The van der Waals surface area contributed by atoms with E-state index in [1.807, 2.05) is 42.2 Å². The Morgan fingerprint density at radius 3 is 1.67 bits per heavy atom. The van der Waals surface area contributed by atoms with Crippen molar-refractivity contribution in [1.82, 2.24) is 0 Å². The zero-order valence-corrected chi connectivity index (χ0v) is 8.99. The van der Waals surface area contributed by atoms with Crippen molar-refractivity contribution in [3.05, 3.63) is 30.6 Å². The summed E-state index contributed by atoms with van der Waals surface area (Å²) in [6, 6.07) is 6.00. The first kappa shape index (κ1) is 12.0. The fourth-order valence-corrected chi connectivity index (χ4v) is 0.485. The summed E-state index contributed by atoms with van der Waals surface area (Å²) in [5, 5.41) is 0. The van der Waals surface area contributed by atoms with Crippen LogP contribution in [0.1, 0.15) is 0 Å². The van der Waals surface area contributed by atoms with E-state index in [1.165, 1.54) is 0 Å². The monoisotopic (exact) mass is 255 g/mol. The van der Waals surface area contributed by atoms with E-state index in [2.05, 4.69) is 0 Å². The predicted molar refractivity (Wildman–Crippen MR) is 38.7 cm³/mol. The molecular formula is C6H11INP. The minimum Gasteiger partial charge on any atom is -1.00 e. The first-order chi connectivity index (χ1) is 3.39. The summed E-state index contributed by atoms with van der Waals surface area (Å²) in [6.45, 7) is 0. The molecule has 9 heavy (non-hydrogen) atoms. The fourth-order valence-electron chi connectivity index (χ4n) is 0.485. The molecule has 1 rings (SSSR count). The summed E-state index contributed by atoms with van der Waals surface area (Å²) in [5.41, 5.74) is 0. The summed E-state index contributed by atoms with van der Waals surface area (Å²) in [5.74, 6) is 0. The number of rotatable bonds is 0. The van der Waals surface area contributed by atoms with Crippen molar-refractivity contribution in [3.63, 3.8) is 0 Å². The van der Waals surface area contributed by atoms with Gasteiger partial charge >= 0.3 is 0 Å². The molecule has 0 saturated heterocycles. The van der Waals surface area contributed by atoms with Crippen LogP contribution in [0.5, 0.6) is 0 Å². The molecule has 1 atom stereocenters. The second kappa shape index (κ2) is 6.43. The van der Waals surface area contributed by atoms with Gasteiger partial charge in [0.1, 0.15) is 7.05 Å². The van der Waals surface area contributed by atoms with Crippen LogP contribution in [0.2, 0.25) is 0 Å². The average molecular weight is 255 g/mol. The van der Waals surface area contributed by atoms with Gasteiger partial charge in [-0.25, -0.2) is 4.57 Å². The first-order valence-electron chi connectivity index (χ1n) is 2.30. The number of pyridine rings is 1. The van der Waals surface area contributed by atoms with Crippen molar-refractivity contribution in [2.75, 3.05) is 0 Å². The van der Waals surface area contributed by atoms with Gasteiger partial charge in [0.2, 0.25) is 0 Å². The third-order valence-electron chi connectivity index (χ3n) is 0.865. The van der Waals surface area contributed by atoms with Crippen LogP contribution in [0.15, 0.2) is 30.6 Å². The van der Waals surface area contributed by atoms with Crippen molar-refractivity contribution in [2.24, 2.45) is 7.05 Å². The Morgan fingerprint density at radius 2 is 1.44 bits per heavy atom. The van der Waals surface area contributed by atoms with E-state index in [1.54, 1.807) is 0 Å². The van der Waals surface area contributed by atoms with Gasteiger partial charge in [-0.2, -0.15) is 9.90 Å². The van der Waals surface area contributed by atoms with Gasteiger partial charge in [-0.3, -0.25) is 0 Å². The fraction of sp³-hybridized carbons (Fsp3) is 0.167. The van der Waals surface area contributed by atoms with Crippen LogP contribution in [0.25, 0.3) is 0 Å². The molecule has 0 aliphatic carbocycles. The topological polar surface area (TPSA) is 3.88 Å². The largest absolute Gasteiger partial charge is 1.00 e. The molecule has 0 radical (unpaired) electrons. The quantitative estimate of drug-likeness (QED) is 0.276. The lowest BCUT2D eigenvalue weighted by Crippen LogP contribution is -3.00. The predicted octanol–water partition coefficient (Wildman–Crippen LogP) is -2.43. The van der Waals surface area contributed by atoms with E-state index >= 15 is 0 Å². The highest BCUT2D eigenvalue weighted by Crippen LogP contribution is 1.71. The number of hydrogen-bond donors (Lipinski definition) is 0. The van der Waals surface area contributed by atoms with Gasteiger partial charge in [-0.15, -0.1) is 0 Å². The molecule has 1 nitrogen and oxygen atoms in total. The Hall–Kier alpha value is 0.310. The molecule has 0 amide bonds. The van der Waals surface area contributed by atoms with E-state index in [0.717, 1.165) is 0 Å². The SMILES string of the molecule is C[n+]1ccccc1.P.[I-]. The zero-order valence-electron chi connectivity index (χ0n) is 5.42. The maximum Gasteiger partial charge on any atom is 0.168 e. The Kier molecular flexibility index (Phi) is 8.60. The second-order valence-electron chi connectivity index (χ2n) is 1.54. The van der Waals surface area contributed by atoms with Gasteiger partial charge in [-0.05, 0) is 0 Å². The normalized spacial score (nSPS) is 6.78. The van der Waals surface area contributed by atoms with E-state index in [0.29, 0.717) is 0 Å². The Bertz CT molecular complexity index is 143. The molecule has 1 heterocycles. The number of halogens is 1. The standard InChI is InChI=1S/C6H8N.HI.H3P/c1-7-5-3-2-4-6-7;;/h2-6H,1H3;1H;1H3/q+1;;/p-1. The van der Waals surface area contributed by atoms with Crippen LogP contribution >= 0.6 is 9.90 Å². The summed E-state index contributed by atoms with van der Waals surface area (Å²) in [4.78, 5) is 0. The van der Waals surface area contributed by atoms with E-state index in [9.17, 15) is 0 Å². The number of aromatic nitrogens is 1. The molecule has 0 N–H and O–H groups in total. The lowest BCUT2D eigenvalue weighted by Gasteiger charge is -1.77. The zero-order chi connectivity index (χ0) is 5.11. The van der Waals surface area contributed by atoms with Gasteiger partial charge < -0.3 is 24.0 Å². The summed E-state index contributed by atoms with van der Waals surface area (Å²) in [7, 11) is 2.00. The maximum absolute atomic E-state index is 2.00. The van der Waals surface area contributed by atoms with Crippen LogP contribution in [0.4, 0.5) is 0 Å². The smallest absolute Gasteiger partial charge is 0.168 e. The third kappa shape index (κ3) is 4.79. The lowest BCUT2D eigenvalue weighted by atomic mass is 10.5. The van der Waals surface area contributed by atoms with Crippen LogP contribution in [0.3, 0.4) is 0 Å². The lowest BCUT2D eigenvalue weighted by molar-refractivity contribution is -0.671. The van der Waals surface area contributed by atoms with Crippen molar-refractivity contribution in [1.29, 1.82) is 0 Å². The molecule has 3 heteroatoms. The Labute approximate surface area is 76.1 Å². The molecule has 0 bridgehead atoms. The average Bonchev–Trinajstić information content (AvgIpc) is 1.69. The van der Waals surface area contributed by atoms with Crippen LogP contribution in [0, 0.1) is 0 Å². The van der Waals surface area contributed by atoms with Gasteiger partial charge in [-0.1, -0.05) is 6.07 Å². The van der Waals surface area contributed by atoms with Crippen molar-refractivity contribution in [2.45, 2.75) is 0 Å². The highest BCUT2D eigenvalue weighted by Gasteiger charge is 1.78. The highest BCUT2D eigenvalue weighted by molar-refractivity contribution is 6.92.